The molecule has 140 valence electrons. The molecule has 1 aromatic carbocycles. The molecule has 1 fully saturated rings. The van der Waals surface area contributed by atoms with Gasteiger partial charge in [0.05, 0.1) is 6.42 Å². The number of carbonyl (C=O) groups excluding carboxylic acids is 1. The van der Waals surface area contributed by atoms with E-state index in [9.17, 15) is 13.2 Å². The molecule has 3 rings (SSSR count). The summed E-state index contributed by atoms with van der Waals surface area (Å²) in [4.78, 5) is 12.8. The van der Waals surface area contributed by atoms with Gasteiger partial charge in [-0.3, -0.25) is 4.79 Å². The van der Waals surface area contributed by atoms with Crippen LogP contribution in [0.4, 0.5) is 0 Å². The topological polar surface area (TPSA) is 66.5 Å². The van der Waals surface area contributed by atoms with E-state index in [1.165, 1.54) is 15.6 Å². The second-order valence-corrected chi connectivity index (χ2v) is 10.0. The smallest absolute Gasteiger partial charge is 0.252 e. The summed E-state index contributed by atoms with van der Waals surface area (Å²) in [6.07, 6.45) is 2.74. The molecule has 0 spiro atoms. The highest BCUT2D eigenvalue weighted by Gasteiger charge is 2.28. The van der Waals surface area contributed by atoms with Gasteiger partial charge in [-0.1, -0.05) is 23.7 Å². The summed E-state index contributed by atoms with van der Waals surface area (Å²) in [5, 5.41) is 3.56. The SMILES string of the molecule is O=C(Cc1ccc(S(=O)(=O)N2CCCC2)s1)NCCc1ccc(Cl)cc1. The molecule has 1 aliphatic rings. The molecule has 0 saturated carbocycles. The van der Waals surface area contributed by atoms with Crippen LogP contribution in [-0.4, -0.2) is 38.3 Å². The van der Waals surface area contributed by atoms with Crippen molar-refractivity contribution < 1.29 is 13.2 Å². The van der Waals surface area contributed by atoms with Crippen molar-refractivity contribution in [1.29, 1.82) is 0 Å². The Labute approximate surface area is 163 Å². The van der Waals surface area contributed by atoms with E-state index < -0.39 is 10.0 Å². The Hall–Kier alpha value is -1.41. The van der Waals surface area contributed by atoms with E-state index in [-0.39, 0.29) is 12.3 Å². The van der Waals surface area contributed by atoms with Gasteiger partial charge in [-0.2, -0.15) is 4.31 Å². The fourth-order valence-electron chi connectivity index (χ4n) is 2.87. The van der Waals surface area contributed by atoms with E-state index in [0.29, 0.717) is 28.9 Å². The maximum atomic E-state index is 12.5. The first-order chi connectivity index (χ1) is 12.4. The van der Waals surface area contributed by atoms with Crippen molar-refractivity contribution in [3.05, 3.63) is 51.9 Å². The zero-order chi connectivity index (χ0) is 18.6. The van der Waals surface area contributed by atoms with Gasteiger partial charge in [-0.25, -0.2) is 8.42 Å². The Kier molecular flexibility index (Phi) is 6.34. The molecule has 26 heavy (non-hydrogen) atoms. The quantitative estimate of drug-likeness (QED) is 0.759. The van der Waals surface area contributed by atoms with Crippen LogP contribution in [0.1, 0.15) is 23.3 Å². The van der Waals surface area contributed by atoms with E-state index in [1.807, 2.05) is 24.3 Å². The van der Waals surface area contributed by atoms with Gasteiger partial charge in [0.2, 0.25) is 5.91 Å². The Bertz CT molecular complexity index is 857. The first-order valence-electron chi connectivity index (χ1n) is 8.55. The molecule has 1 N–H and O–H groups in total. The predicted molar refractivity (Wildman–Crippen MR) is 104 cm³/mol. The molecule has 0 aliphatic carbocycles. The number of halogens is 1. The summed E-state index contributed by atoms with van der Waals surface area (Å²) in [5.41, 5.74) is 1.10. The van der Waals surface area contributed by atoms with Crippen molar-refractivity contribution in [2.75, 3.05) is 19.6 Å². The van der Waals surface area contributed by atoms with E-state index in [1.54, 1.807) is 12.1 Å². The summed E-state index contributed by atoms with van der Waals surface area (Å²) in [7, 11) is -3.40. The number of nitrogens with one attached hydrogen (secondary N) is 1. The number of hydrogen-bond donors (Lipinski definition) is 1. The summed E-state index contributed by atoms with van der Waals surface area (Å²) in [5.74, 6) is -0.106. The Morgan fingerprint density at radius 2 is 1.81 bits per heavy atom. The van der Waals surface area contributed by atoms with E-state index >= 15 is 0 Å². The van der Waals surface area contributed by atoms with Crippen LogP contribution in [0.15, 0.2) is 40.6 Å². The van der Waals surface area contributed by atoms with Gasteiger partial charge in [0.15, 0.2) is 0 Å². The Balaban J connectivity index is 1.50. The van der Waals surface area contributed by atoms with Crippen molar-refractivity contribution in [2.45, 2.75) is 29.9 Å². The van der Waals surface area contributed by atoms with Crippen LogP contribution >= 0.6 is 22.9 Å². The lowest BCUT2D eigenvalue weighted by Gasteiger charge is -2.13. The standard InChI is InChI=1S/C18H21ClN2O3S2/c19-15-5-3-14(4-6-15)9-10-20-17(22)13-16-7-8-18(25-16)26(23,24)21-11-1-2-12-21/h3-8H,1-2,9-13H2,(H,20,22). The number of nitrogens with zero attached hydrogens (tertiary/aromatic N) is 1. The van der Waals surface area contributed by atoms with Crippen molar-refractivity contribution in [3.8, 4) is 0 Å². The van der Waals surface area contributed by atoms with Crippen LogP contribution in [0, 0.1) is 0 Å². The van der Waals surface area contributed by atoms with Crippen molar-refractivity contribution in [2.24, 2.45) is 0 Å². The second kappa shape index (κ2) is 8.52. The first kappa shape index (κ1) is 19.4. The zero-order valence-electron chi connectivity index (χ0n) is 14.3. The van der Waals surface area contributed by atoms with Gasteiger partial charge in [-0.05, 0) is 49.1 Å². The number of benzene rings is 1. The number of amides is 1. The third-order valence-electron chi connectivity index (χ3n) is 4.28. The van der Waals surface area contributed by atoms with Crippen LogP contribution in [-0.2, 0) is 27.7 Å². The van der Waals surface area contributed by atoms with E-state index in [0.717, 1.165) is 29.7 Å². The van der Waals surface area contributed by atoms with Gasteiger partial charge in [0.25, 0.3) is 10.0 Å². The number of sulfonamides is 1. The molecule has 0 radical (unpaired) electrons. The molecule has 0 atom stereocenters. The molecule has 8 heteroatoms. The molecule has 5 nitrogen and oxygen atoms in total. The third-order valence-corrected chi connectivity index (χ3v) is 7.98. The molecule has 2 heterocycles. The van der Waals surface area contributed by atoms with Crippen molar-refractivity contribution in [1.82, 2.24) is 9.62 Å². The van der Waals surface area contributed by atoms with Crippen LogP contribution in [0.25, 0.3) is 0 Å². The molecular weight excluding hydrogens is 392 g/mol. The number of rotatable bonds is 7. The fraction of sp³-hybridized carbons (Fsp3) is 0.389. The van der Waals surface area contributed by atoms with Gasteiger partial charge >= 0.3 is 0 Å². The first-order valence-corrected chi connectivity index (χ1v) is 11.2. The Morgan fingerprint density at radius 3 is 2.50 bits per heavy atom. The minimum absolute atomic E-state index is 0.106. The minimum atomic E-state index is -3.40. The van der Waals surface area contributed by atoms with E-state index in [4.69, 9.17) is 11.6 Å². The lowest BCUT2D eigenvalue weighted by molar-refractivity contribution is -0.120. The number of carbonyl (C=O) groups is 1. The van der Waals surface area contributed by atoms with Crippen LogP contribution in [0.2, 0.25) is 5.02 Å². The lowest BCUT2D eigenvalue weighted by atomic mass is 10.1. The summed E-state index contributed by atoms with van der Waals surface area (Å²) >= 11 is 7.03. The largest absolute Gasteiger partial charge is 0.355 e. The molecule has 2 aromatic rings. The lowest BCUT2D eigenvalue weighted by Crippen LogP contribution is -2.27. The van der Waals surface area contributed by atoms with Gasteiger partial charge < -0.3 is 5.32 Å². The van der Waals surface area contributed by atoms with Crippen LogP contribution < -0.4 is 5.32 Å². The normalized spacial score (nSPS) is 15.3. The summed E-state index contributed by atoms with van der Waals surface area (Å²) < 4.78 is 26.9. The summed E-state index contributed by atoms with van der Waals surface area (Å²) in [6, 6.07) is 10.9. The van der Waals surface area contributed by atoms with Gasteiger partial charge in [-0.15, -0.1) is 11.3 Å². The summed E-state index contributed by atoms with van der Waals surface area (Å²) in [6.45, 7) is 1.70. The molecular formula is C18H21ClN2O3S2. The Morgan fingerprint density at radius 1 is 1.12 bits per heavy atom. The highest BCUT2D eigenvalue weighted by Crippen LogP contribution is 2.27. The third kappa shape index (κ3) is 4.85. The molecule has 0 unspecified atom stereocenters. The molecule has 1 aromatic heterocycles. The molecule has 0 bridgehead atoms. The highest BCUT2D eigenvalue weighted by atomic mass is 35.5. The van der Waals surface area contributed by atoms with Crippen molar-refractivity contribution in [3.63, 3.8) is 0 Å². The number of hydrogen-bond acceptors (Lipinski definition) is 4. The molecule has 1 saturated heterocycles. The predicted octanol–water partition coefficient (Wildman–Crippen LogP) is 3.09. The zero-order valence-corrected chi connectivity index (χ0v) is 16.7. The van der Waals surface area contributed by atoms with E-state index in [2.05, 4.69) is 5.32 Å². The highest BCUT2D eigenvalue weighted by molar-refractivity contribution is 7.91. The van der Waals surface area contributed by atoms with Crippen LogP contribution in [0.3, 0.4) is 0 Å². The minimum Gasteiger partial charge on any atom is -0.355 e. The van der Waals surface area contributed by atoms with Crippen LogP contribution in [0.5, 0.6) is 0 Å². The maximum absolute atomic E-state index is 12.5. The average Bonchev–Trinajstić information content (AvgIpc) is 3.29. The van der Waals surface area contributed by atoms with Gasteiger partial charge in [0.1, 0.15) is 4.21 Å². The maximum Gasteiger partial charge on any atom is 0.252 e. The fourth-order valence-corrected chi connectivity index (χ4v) is 6.02. The van der Waals surface area contributed by atoms with Gasteiger partial charge in [0, 0.05) is 29.5 Å². The molecule has 1 aliphatic heterocycles. The number of thiophene rings is 1. The molecule has 1 amide bonds. The monoisotopic (exact) mass is 412 g/mol. The van der Waals surface area contributed by atoms with Crippen molar-refractivity contribution >= 4 is 38.9 Å². The average molecular weight is 413 g/mol. The second-order valence-electron chi connectivity index (χ2n) is 6.24.